The van der Waals surface area contributed by atoms with Gasteiger partial charge in [-0.25, -0.2) is 0 Å². The van der Waals surface area contributed by atoms with Crippen molar-refractivity contribution in [2.24, 2.45) is 0 Å². The van der Waals surface area contributed by atoms with Crippen LogP contribution in [0.3, 0.4) is 0 Å². The minimum absolute atomic E-state index is 0.845. The van der Waals surface area contributed by atoms with Crippen LogP contribution in [0.1, 0.15) is 6.42 Å². The molecule has 1 aromatic carbocycles. The molecule has 1 fully saturated rings. The molecule has 14 heavy (non-hydrogen) atoms. The Morgan fingerprint density at radius 2 is 2.14 bits per heavy atom. The summed E-state index contributed by atoms with van der Waals surface area (Å²) in [4.78, 5) is 0. The Balaban J connectivity index is 2.07. The Kier molecular flexibility index (Phi) is 3.16. The smallest absolute Gasteiger partial charge is 0.119 e. The van der Waals surface area contributed by atoms with E-state index in [0.717, 1.165) is 31.0 Å². The summed E-state index contributed by atoms with van der Waals surface area (Å²) in [7, 11) is 1.67. The fourth-order valence-electron chi connectivity index (χ4n) is 1.33. The number of methoxy groups -OCH3 is 1. The zero-order valence-electron chi connectivity index (χ0n) is 8.10. The van der Waals surface area contributed by atoms with Gasteiger partial charge in [0, 0.05) is 12.2 Å². The van der Waals surface area contributed by atoms with Gasteiger partial charge in [-0.15, -0.1) is 0 Å². The lowest BCUT2D eigenvalue weighted by atomic mass is 10.3. The monoisotopic (exact) mass is 211 g/mol. The first-order valence-corrected chi connectivity index (χ1v) is 5.31. The van der Waals surface area contributed by atoms with E-state index in [9.17, 15) is 0 Å². The molecule has 0 N–H and O–H groups in total. The maximum Gasteiger partial charge on any atom is 0.119 e. The van der Waals surface area contributed by atoms with E-state index in [0.29, 0.717) is 0 Å². The molecular weight excluding hydrogens is 198 g/mol. The fraction of sp³-hybridized carbons (Fsp3) is 0.400. The summed E-state index contributed by atoms with van der Waals surface area (Å²) in [5.41, 5.74) is 1.16. The largest absolute Gasteiger partial charge is 0.497 e. The van der Waals surface area contributed by atoms with E-state index in [1.54, 1.807) is 7.11 Å². The molecule has 1 aromatic rings. The van der Waals surface area contributed by atoms with E-state index in [1.807, 2.05) is 24.3 Å². The summed E-state index contributed by atoms with van der Waals surface area (Å²) in [6.07, 6.45) is 1.08. The van der Waals surface area contributed by atoms with Gasteiger partial charge in [-0.05, 0) is 30.7 Å². The summed E-state index contributed by atoms with van der Waals surface area (Å²) in [6.45, 7) is 1.88. The third-order valence-electron chi connectivity index (χ3n) is 2.09. The Labute approximate surface area is 88.3 Å². The van der Waals surface area contributed by atoms with Crippen LogP contribution in [0.5, 0.6) is 5.75 Å². The standard InChI is InChI=1S/C10H13NO2S/c1-12-10-5-3-9(4-6-10)11-7-2-8-13-14-11/h3-6H,2,7-8H2,1H3. The maximum atomic E-state index is 5.30. The quantitative estimate of drug-likeness (QED) is 0.553. The number of rotatable bonds is 2. The predicted molar refractivity (Wildman–Crippen MR) is 58.5 cm³/mol. The van der Waals surface area contributed by atoms with Crippen molar-refractivity contribution < 1.29 is 8.92 Å². The van der Waals surface area contributed by atoms with Crippen molar-refractivity contribution in [1.29, 1.82) is 0 Å². The SMILES string of the molecule is COc1ccc(N2CCCOS2)cc1. The van der Waals surface area contributed by atoms with Crippen molar-refractivity contribution in [3.05, 3.63) is 24.3 Å². The lowest BCUT2D eigenvalue weighted by Crippen LogP contribution is -2.22. The van der Waals surface area contributed by atoms with Gasteiger partial charge in [0.05, 0.1) is 13.7 Å². The molecule has 0 bridgehead atoms. The van der Waals surface area contributed by atoms with Crippen molar-refractivity contribution >= 4 is 17.9 Å². The number of nitrogens with zero attached hydrogens (tertiary/aromatic N) is 1. The summed E-state index contributed by atoms with van der Waals surface area (Å²) in [5.74, 6) is 0.886. The average molecular weight is 211 g/mol. The highest BCUT2D eigenvalue weighted by Gasteiger charge is 2.12. The van der Waals surface area contributed by atoms with E-state index in [4.69, 9.17) is 8.92 Å². The second kappa shape index (κ2) is 4.57. The topological polar surface area (TPSA) is 21.7 Å². The Morgan fingerprint density at radius 1 is 1.36 bits per heavy atom. The van der Waals surface area contributed by atoms with Crippen LogP contribution in [0.4, 0.5) is 5.69 Å². The Morgan fingerprint density at radius 3 is 2.71 bits per heavy atom. The maximum absolute atomic E-state index is 5.30. The second-order valence-corrected chi connectivity index (χ2v) is 3.88. The van der Waals surface area contributed by atoms with Crippen LogP contribution < -0.4 is 9.04 Å². The third-order valence-corrected chi connectivity index (χ3v) is 2.94. The predicted octanol–water partition coefficient (Wildman–Crippen LogP) is 2.49. The van der Waals surface area contributed by atoms with Crippen LogP contribution >= 0.6 is 12.2 Å². The van der Waals surface area contributed by atoms with Crippen LogP contribution in [0.2, 0.25) is 0 Å². The summed E-state index contributed by atoms with van der Waals surface area (Å²) >= 11 is 1.42. The molecule has 0 unspecified atom stereocenters. The molecule has 0 amide bonds. The molecule has 1 aliphatic rings. The zero-order chi connectivity index (χ0) is 9.80. The van der Waals surface area contributed by atoms with Crippen LogP contribution in [0.25, 0.3) is 0 Å². The van der Waals surface area contributed by atoms with Crippen LogP contribution in [0, 0.1) is 0 Å². The van der Waals surface area contributed by atoms with Crippen molar-refractivity contribution in [3.8, 4) is 5.75 Å². The molecule has 0 saturated carbocycles. The fourth-order valence-corrected chi connectivity index (χ4v) is 2.06. The number of benzene rings is 1. The average Bonchev–Trinajstić information content (AvgIpc) is 2.30. The number of hydrogen-bond acceptors (Lipinski definition) is 4. The number of anilines is 1. The first-order valence-electron chi connectivity index (χ1n) is 4.61. The molecule has 3 nitrogen and oxygen atoms in total. The summed E-state index contributed by atoms with van der Waals surface area (Å²) in [5, 5.41) is 0. The van der Waals surface area contributed by atoms with Gasteiger partial charge in [-0.2, -0.15) is 0 Å². The van der Waals surface area contributed by atoms with Gasteiger partial charge >= 0.3 is 0 Å². The molecule has 1 saturated heterocycles. The lowest BCUT2D eigenvalue weighted by molar-refractivity contribution is 0.351. The molecule has 0 atom stereocenters. The minimum atomic E-state index is 0.845. The van der Waals surface area contributed by atoms with E-state index < -0.39 is 0 Å². The highest BCUT2D eigenvalue weighted by atomic mass is 32.2. The summed E-state index contributed by atoms with van der Waals surface area (Å²) < 4.78 is 12.5. The highest BCUT2D eigenvalue weighted by Crippen LogP contribution is 2.28. The number of hydrogen-bond donors (Lipinski definition) is 0. The van der Waals surface area contributed by atoms with E-state index in [2.05, 4.69) is 4.31 Å². The second-order valence-electron chi connectivity index (χ2n) is 3.05. The van der Waals surface area contributed by atoms with Crippen LogP contribution in [-0.2, 0) is 4.18 Å². The molecule has 0 spiro atoms. The molecule has 1 heterocycles. The van der Waals surface area contributed by atoms with Crippen molar-refractivity contribution in [2.45, 2.75) is 6.42 Å². The van der Waals surface area contributed by atoms with Crippen molar-refractivity contribution in [1.82, 2.24) is 0 Å². The number of ether oxygens (including phenoxy) is 1. The molecule has 76 valence electrons. The first kappa shape index (κ1) is 9.68. The Bertz CT molecular complexity index is 283. The molecule has 4 heteroatoms. The molecule has 0 aromatic heterocycles. The van der Waals surface area contributed by atoms with Gasteiger partial charge in [0.2, 0.25) is 0 Å². The van der Waals surface area contributed by atoms with Gasteiger partial charge < -0.3 is 4.74 Å². The minimum Gasteiger partial charge on any atom is -0.497 e. The van der Waals surface area contributed by atoms with Crippen molar-refractivity contribution in [2.75, 3.05) is 24.6 Å². The van der Waals surface area contributed by atoms with Gasteiger partial charge in [-0.3, -0.25) is 8.49 Å². The molecule has 1 aliphatic heterocycles. The molecule has 2 rings (SSSR count). The van der Waals surface area contributed by atoms with Crippen LogP contribution in [0.15, 0.2) is 24.3 Å². The van der Waals surface area contributed by atoms with Crippen LogP contribution in [-0.4, -0.2) is 20.3 Å². The zero-order valence-corrected chi connectivity index (χ0v) is 8.92. The normalized spacial score (nSPS) is 16.8. The lowest BCUT2D eigenvalue weighted by Gasteiger charge is -2.26. The highest BCUT2D eigenvalue weighted by molar-refractivity contribution is 7.96. The van der Waals surface area contributed by atoms with Gasteiger partial charge in [0.25, 0.3) is 0 Å². The summed E-state index contributed by atoms with van der Waals surface area (Å²) in [6, 6.07) is 8.01. The first-order chi connectivity index (χ1) is 6.90. The van der Waals surface area contributed by atoms with E-state index in [-0.39, 0.29) is 0 Å². The van der Waals surface area contributed by atoms with Gasteiger partial charge in [-0.1, -0.05) is 0 Å². The van der Waals surface area contributed by atoms with Gasteiger partial charge in [0.15, 0.2) is 0 Å². The Hall–Kier alpha value is -0.870. The molecule has 0 radical (unpaired) electrons. The van der Waals surface area contributed by atoms with Crippen molar-refractivity contribution in [3.63, 3.8) is 0 Å². The third kappa shape index (κ3) is 2.13. The van der Waals surface area contributed by atoms with E-state index >= 15 is 0 Å². The molecule has 0 aliphatic carbocycles. The van der Waals surface area contributed by atoms with Gasteiger partial charge in [0.1, 0.15) is 18.0 Å². The van der Waals surface area contributed by atoms with E-state index in [1.165, 1.54) is 12.2 Å². The molecular formula is C10H13NO2S.